The molecule has 7 nitrogen and oxygen atoms in total. The van der Waals surface area contributed by atoms with E-state index in [0.717, 1.165) is 54.9 Å². The van der Waals surface area contributed by atoms with Crippen molar-refractivity contribution in [2.75, 3.05) is 42.6 Å². The fourth-order valence-corrected chi connectivity index (χ4v) is 6.05. The van der Waals surface area contributed by atoms with Crippen LogP contribution < -0.4 is 4.90 Å². The topological polar surface area (TPSA) is 79.3 Å². The van der Waals surface area contributed by atoms with Gasteiger partial charge in [-0.25, -0.2) is 18.4 Å². The lowest BCUT2D eigenvalue weighted by molar-refractivity contribution is 0.200. The Morgan fingerprint density at radius 2 is 1.69 bits per heavy atom. The number of rotatable bonds is 3. The summed E-state index contributed by atoms with van der Waals surface area (Å²) in [5.74, 6) is 2.27. The van der Waals surface area contributed by atoms with Crippen LogP contribution in [0.4, 0.5) is 5.82 Å². The third-order valence-corrected chi connectivity index (χ3v) is 7.61. The van der Waals surface area contributed by atoms with E-state index in [2.05, 4.69) is 20.9 Å². The minimum absolute atomic E-state index is 0.164. The van der Waals surface area contributed by atoms with Crippen molar-refractivity contribution >= 4 is 26.6 Å². The van der Waals surface area contributed by atoms with E-state index in [1.165, 1.54) is 0 Å². The van der Waals surface area contributed by atoms with Gasteiger partial charge in [0.05, 0.1) is 17.0 Å². The molecule has 0 aliphatic carbocycles. The SMILES string of the molecule is O=S1(=O)CCC(N2CCN(c3nc(-c4ccncc4)nc4ccccc34)CC2)C1. The molecule has 1 unspecified atom stereocenters. The fourth-order valence-electron chi connectivity index (χ4n) is 4.29. The number of sulfone groups is 1. The molecule has 2 saturated heterocycles. The number of hydrogen-bond acceptors (Lipinski definition) is 7. The number of piperazine rings is 1. The Hall–Kier alpha value is -2.58. The molecule has 1 atom stereocenters. The van der Waals surface area contributed by atoms with Gasteiger partial charge < -0.3 is 4.90 Å². The van der Waals surface area contributed by atoms with E-state index in [9.17, 15) is 8.42 Å². The van der Waals surface area contributed by atoms with Gasteiger partial charge in [0.25, 0.3) is 0 Å². The van der Waals surface area contributed by atoms with Gasteiger partial charge in [-0.2, -0.15) is 0 Å². The summed E-state index contributed by atoms with van der Waals surface area (Å²) >= 11 is 0. The second-order valence-corrected chi connectivity index (χ2v) is 9.93. The van der Waals surface area contributed by atoms with Gasteiger partial charge in [-0.05, 0) is 30.7 Å². The number of benzene rings is 1. The molecule has 0 N–H and O–H groups in total. The first-order valence-corrected chi connectivity index (χ1v) is 11.8. The molecule has 0 saturated carbocycles. The number of nitrogens with zero attached hydrogens (tertiary/aromatic N) is 5. The van der Waals surface area contributed by atoms with E-state index in [0.29, 0.717) is 17.3 Å². The maximum Gasteiger partial charge on any atom is 0.162 e. The molecule has 150 valence electrons. The minimum Gasteiger partial charge on any atom is -0.353 e. The summed E-state index contributed by atoms with van der Waals surface area (Å²) in [7, 11) is -2.86. The van der Waals surface area contributed by atoms with Gasteiger partial charge in [-0.15, -0.1) is 0 Å². The van der Waals surface area contributed by atoms with Crippen molar-refractivity contribution in [3.05, 3.63) is 48.8 Å². The molecule has 0 amide bonds. The zero-order valence-corrected chi connectivity index (χ0v) is 16.9. The predicted octanol–water partition coefficient (Wildman–Crippen LogP) is 2.00. The summed E-state index contributed by atoms with van der Waals surface area (Å²) in [5, 5.41) is 1.04. The number of aromatic nitrogens is 3. The van der Waals surface area contributed by atoms with Crippen molar-refractivity contribution in [1.82, 2.24) is 19.9 Å². The lowest BCUT2D eigenvalue weighted by atomic mass is 10.1. The van der Waals surface area contributed by atoms with Crippen LogP contribution in [0.3, 0.4) is 0 Å². The second-order valence-electron chi connectivity index (χ2n) is 7.70. The van der Waals surface area contributed by atoms with Gasteiger partial charge >= 0.3 is 0 Å². The highest BCUT2D eigenvalue weighted by Gasteiger charge is 2.34. The molecule has 0 radical (unpaired) electrons. The van der Waals surface area contributed by atoms with Crippen molar-refractivity contribution < 1.29 is 8.42 Å². The molecule has 2 fully saturated rings. The molecule has 2 aromatic heterocycles. The summed E-state index contributed by atoms with van der Waals surface area (Å²) in [4.78, 5) is 18.4. The minimum atomic E-state index is -2.86. The zero-order chi connectivity index (χ0) is 19.8. The molecule has 3 aromatic rings. The maximum absolute atomic E-state index is 11.8. The fraction of sp³-hybridized carbons (Fsp3) is 0.381. The highest BCUT2D eigenvalue weighted by Crippen LogP contribution is 2.29. The van der Waals surface area contributed by atoms with Gasteiger partial charge in [0.1, 0.15) is 5.82 Å². The Morgan fingerprint density at radius 1 is 0.931 bits per heavy atom. The van der Waals surface area contributed by atoms with Crippen molar-refractivity contribution in [3.8, 4) is 11.4 Å². The average Bonchev–Trinajstić information content (AvgIpc) is 3.13. The normalized spacial score (nSPS) is 22.2. The first-order valence-electron chi connectivity index (χ1n) is 9.96. The Balaban J connectivity index is 1.43. The Morgan fingerprint density at radius 3 is 2.41 bits per heavy atom. The summed E-state index contributed by atoms with van der Waals surface area (Å²) in [6.45, 7) is 3.35. The molecule has 5 rings (SSSR count). The molecule has 4 heterocycles. The monoisotopic (exact) mass is 409 g/mol. The molecule has 29 heavy (non-hydrogen) atoms. The summed E-state index contributed by atoms with van der Waals surface area (Å²) in [5.41, 5.74) is 1.87. The van der Waals surface area contributed by atoms with Crippen molar-refractivity contribution in [3.63, 3.8) is 0 Å². The first kappa shape index (κ1) is 18.4. The Bertz CT molecular complexity index is 1130. The van der Waals surface area contributed by atoms with E-state index >= 15 is 0 Å². The standard InChI is InChI=1S/C21H23N5O2S/c27-29(28)14-7-17(15-29)25-10-12-26(13-11-25)21-18-3-1-2-4-19(18)23-20(24-21)16-5-8-22-9-6-16/h1-6,8-9,17H,7,10-15H2. The summed E-state index contributed by atoms with van der Waals surface area (Å²) < 4.78 is 23.7. The predicted molar refractivity (Wildman–Crippen MR) is 114 cm³/mol. The van der Waals surface area contributed by atoms with Crippen LogP contribution in [0.5, 0.6) is 0 Å². The quantitative estimate of drug-likeness (QED) is 0.655. The van der Waals surface area contributed by atoms with Crippen LogP contribution in [0, 0.1) is 0 Å². The second kappa shape index (κ2) is 7.35. The summed E-state index contributed by atoms with van der Waals surface area (Å²) in [6, 6.07) is 12.1. The lowest BCUT2D eigenvalue weighted by Gasteiger charge is -2.38. The molecular weight excluding hydrogens is 386 g/mol. The van der Waals surface area contributed by atoms with E-state index in [1.807, 2.05) is 30.3 Å². The van der Waals surface area contributed by atoms with Crippen molar-refractivity contribution in [1.29, 1.82) is 0 Å². The van der Waals surface area contributed by atoms with Gasteiger partial charge in [0.15, 0.2) is 15.7 Å². The van der Waals surface area contributed by atoms with Crippen LogP contribution in [-0.2, 0) is 9.84 Å². The Kier molecular flexibility index (Phi) is 4.67. The molecule has 2 aliphatic rings. The highest BCUT2D eigenvalue weighted by atomic mass is 32.2. The van der Waals surface area contributed by atoms with E-state index in [1.54, 1.807) is 12.4 Å². The number of fused-ring (bicyclic) bond motifs is 1. The van der Waals surface area contributed by atoms with Gasteiger partial charge in [0.2, 0.25) is 0 Å². The van der Waals surface area contributed by atoms with E-state index in [4.69, 9.17) is 9.97 Å². The average molecular weight is 410 g/mol. The van der Waals surface area contributed by atoms with Crippen LogP contribution in [0.1, 0.15) is 6.42 Å². The van der Waals surface area contributed by atoms with Crippen LogP contribution in [0.15, 0.2) is 48.8 Å². The van der Waals surface area contributed by atoms with Gasteiger partial charge in [-0.1, -0.05) is 12.1 Å². The smallest absolute Gasteiger partial charge is 0.162 e. The van der Waals surface area contributed by atoms with Crippen molar-refractivity contribution in [2.24, 2.45) is 0 Å². The largest absolute Gasteiger partial charge is 0.353 e. The Labute approximate surface area is 170 Å². The van der Waals surface area contributed by atoms with Gasteiger partial charge in [0, 0.05) is 55.6 Å². The van der Waals surface area contributed by atoms with Gasteiger partial charge in [-0.3, -0.25) is 9.88 Å². The number of para-hydroxylation sites is 1. The lowest BCUT2D eigenvalue weighted by Crippen LogP contribution is -2.51. The van der Waals surface area contributed by atoms with Crippen molar-refractivity contribution in [2.45, 2.75) is 12.5 Å². The maximum atomic E-state index is 11.8. The highest BCUT2D eigenvalue weighted by molar-refractivity contribution is 7.91. The van der Waals surface area contributed by atoms with Crippen LogP contribution >= 0.6 is 0 Å². The number of hydrogen-bond donors (Lipinski definition) is 0. The number of pyridine rings is 1. The third kappa shape index (κ3) is 3.70. The molecule has 8 heteroatoms. The third-order valence-electron chi connectivity index (χ3n) is 5.86. The van der Waals surface area contributed by atoms with Crippen LogP contribution in [0.2, 0.25) is 0 Å². The zero-order valence-electron chi connectivity index (χ0n) is 16.1. The van der Waals surface area contributed by atoms with Crippen LogP contribution in [0.25, 0.3) is 22.3 Å². The molecule has 0 spiro atoms. The van der Waals surface area contributed by atoms with E-state index < -0.39 is 9.84 Å². The summed E-state index contributed by atoms with van der Waals surface area (Å²) in [6.07, 6.45) is 4.26. The molecular formula is C21H23N5O2S. The first-order chi connectivity index (χ1) is 14.1. The molecule has 0 bridgehead atoms. The van der Waals surface area contributed by atoms with Crippen LogP contribution in [-0.4, -0.2) is 72.0 Å². The number of anilines is 1. The van der Waals surface area contributed by atoms with E-state index in [-0.39, 0.29) is 6.04 Å². The molecule has 2 aliphatic heterocycles. The molecule has 1 aromatic carbocycles.